The second-order valence-electron chi connectivity index (χ2n) is 9.33. The van der Waals surface area contributed by atoms with Crippen LogP contribution in [0.5, 0.6) is 5.75 Å². The fourth-order valence-corrected chi connectivity index (χ4v) is 5.25. The molecular weight excluding hydrogens is 435 g/mol. The molecule has 2 aromatic carbocycles. The summed E-state index contributed by atoms with van der Waals surface area (Å²) in [5.74, 6) is -0.149. The van der Waals surface area contributed by atoms with Gasteiger partial charge in [-0.05, 0) is 72.4 Å². The van der Waals surface area contributed by atoms with Crippen molar-refractivity contribution in [3.8, 4) is 16.9 Å². The Kier molecular flexibility index (Phi) is 7.10. The minimum Gasteiger partial charge on any atom is -0.406 e. The zero-order chi connectivity index (χ0) is 23.6. The van der Waals surface area contributed by atoms with Crippen LogP contribution in [0.3, 0.4) is 0 Å². The van der Waals surface area contributed by atoms with Gasteiger partial charge in [0.1, 0.15) is 17.4 Å². The van der Waals surface area contributed by atoms with Crippen molar-refractivity contribution in [3.63, 3.8) is 0 Å². The molecule has 0 atom stereocenters. The highest BCUT2D eigenvalue weighted by molar-refractivity contribution is 5.68. The predicted octanol–water partition coefficient (Wildman–Crippen LogP) is 8.55. The van der Waals surface area contributed by atoms with Gasteiger partial charge >= 0.3 is 6.36 Å². The first-order valence-corrected chi connectivity index (χ1v) is 11.8. The number of allylic oxidation sites excluding steroid dienone is 2. The lowest BCUT2D eigenvalue weighted by Crippen LogP contribution is -2.17. The first kappa shape index (κ1) is 23.8. The third-order valence-corrected chi connectivity index (χ3v) is 7.22. The normalized spacial score (nSPS) is 20.8. The Balaban J connectivity index is 1.44. The molecule has 33 heavy (non-hydrogen) atoms. The van der Waals surface area contributed by atoms with E-state index in [4.69, 9.17) is 0 Å². The zero-order valence-corrected chi connectivity index (χ0v) is 18.8. The van der Waals surface area contributed by atoms with Gasteiger partial charge in [0.2, 0.25) is 0 Å². The van der Waals surface area contributed by atoms with E-state index in [0.717, 1.165) is 36.8 Å². The highest BCUT2D eigenvalue weighted by Gasteiger charge is 2.31. The number of hydrogen-bond acceptors (Lipinski definition) is 1. The van der Waals surface area contributed by atoms with Gasteiger partial charge in [-0.1, -0.05) is 62.8 Å². The molecule has 0 aromatic heterocycles. The average molecular weight is 465 g/mol. The van der Waals surface area contributed by atoms with Crippen LogP contribution in [0.4, 0.5) is 22.0 Å². The van der Waals surface area contributed by atoms with Crippen LogP contribution in [0, 0.1) is 23.5 Å². The number of fused-ring (bicyclic) bond motifs is 1. The minimum atomic E-state index is -4.82. The van der Waals surface area contributed by atoms with E-state index in [2.05, 4.69) is 17.7 Å². The summed E-state index contributed by atoms with van der Waals surface area (Å²) < 4.78 is 71.1. The fraction of sp³-hybridized carbons (Fsp3) is 0.481. The van der Waals surface area contributed by atoms with Crippen molar-refractivity contribution in [3.05, 3.63) is 64.7 Å². The predicted molar refractivity (Wildman–Crippen MR) is 119 cm³/mol. The molecule has 4 rings (SSSR count). The van der Waals surface area contributed by atoms with Crippen LogP contribution in [0.25, 0.3) is 11.1 Å². The zero-order valence-electron chi connectivity index (χ0n) is 18.8. The molecule has 0 aliphatic heterocycles. The van der Waals surface area contributed by atoms with E-state index < -0.39 is 23.7 Å². The van der Waals surface area contributed by atoms with Crippen molar-refractivity contribution in [2.24, 2.45) is 11.8 Å². The second-order valence-corrected chi connectivity index (χ2v) is 9.33. The van der Waals surface area contributed by atoms with Crippen LogP contribution < -0.4 is 4.74 Å². The molecule has 1 nitrogen and oxygen atoms in total. The summed E-state index contributed by atoms with van der Waals surface area (Å²) in [5.41, 5.74) is 2.34. The number of alkyl halides is 3. The van der Waals surface area contributed by atoms with Crippen molar-refractivity contribution in [1.29, 1.82) is 0 Å². The van der Waals surface area contributed by atoms with Crippen molar-refractivity contribution < 1.29 is 26.7 Å². The molecule has 0 bridgehead atoms. The molecule has 0 radical (unpaired) electrons. The van der Waals surface area contributed by atoms with Crippen LogP contribution in [-0.2, 0) is 12.8 Å². The van der Waals surface area contributed by atoms with E-state index in [1.807, 2.05) is 0 Å². The van der Waals surface area contributed by atoms with E-state index in [1.54, 1.807) is 0 Å². The van der Waals surface area contributed by atoms with Gasteiger partial charge in [-0.15, -0.1) is 13.2 Å². The standard InChI is InChI=1S/C27H29F5O/c1-2-17-3-5-18(6-4-17)7-8-19-9-14-23-21(15-19)16-24(28)25(26(23)29)20-10-12-22(13-11-20)33-27(30,31)32/h9-13,16-18H,2-8,14-15H2,1H3. The van der Waals surface area contributed by atoms with Crippen molar-refractivity contribution in [1.82, 2.24) is 0 Å². The maximum atomic E-state index is 15.3. The van der Waals surface area contributed by atoms with Crippen molar-refractivity contribution in [2.45, 2.75) is 71.1 Å². The van der Waals surface area contributed by atoms with Gasteiger partial charge < -0.3 is 4.74 Å². The Morgan fingerprint density at radius 2 is 1.64 bits per heavy atom. The van der Waals surface area contributed by atoms with Gasteiger partial charge in [0.15, 0.2) is 0 Å². The molecule has 0 spiro atoms. The molecule has 2 aromatic rings. The summed E-state index contributed by atoms with van der Waals surface area (Å²) in [6, 6.07) is 5.99. The maximum Gasteiger partial charge on any atom is 0.573 e. The summed E-state index contributed by atoms with van der Waals surface area (Å²) >= 11 is 0. The molecule has 178 valence electrons. The number of ether oxygens (including phenoxy) is 1. The van der Waals surface area contributed by atoms with Crippen LogP contribution in [0.2, 0.25) is 0 Å². The number of halogens is 5. The average Bonchev–Trinajstić information content (AvgIpc) is 2.78. The Bertz CT molecular complexity index is 999. The van der Waals surface area contributed by atoms with Crippen LogP contribution in [0.15, 0.2) is 42.0 Å². The first-order chi connectivity index (χ1) is 15.7. The van der Waals surface area contributed by atoms with Crippen molar-refractivity contribution >= 4 is 0 Å². The Hall–Kier alpha value is -2.37. The van der Waals surface area contributed by atoms with Crippen LogP contribution >= 0.6 is 0 Å². The molecule has 0 unspecified atom stereocenters. The monoisotopic (exact) mass is 464 g/mol. The second kappa shape index (κ2) is 9.86. The molecule has 1 fully saturated rings. The highest BCUT2D eigenvalue weighted by atomic mass is 19.4. The van der Waals surface area contributed by atoms with E-state index in [-0.39, 0.29) is 11.1 Å². The van der Waals surface area contributed by atoms with Gasteiger partial charge in [-0.3, -0.25) is 0 Å². The Labute approximate surface area is 191 Å². The molecule has 0 saturated heterocycles. The Morgan fingerprint density at radius 3 is 2.27 bits per heavy atom. The van der Waals surface area contributed by atoms with E-state index in [0.29, 0.717) is 24.0 Å². The number of hydrogen-bond donors (Lipinski definition) is 0. The summed E-state index contributed by atoms with van der Waals surface area (Å²) in [4.78, 5) is 0. The van der Waals surface area contributed by atoms with Crippen LogP contribution in [0.1, 0.15) is 63.0 Å². The van der Waals surface area contributed by atoms with Crippen LogP contribution in [-0.4, -0.2) is 6.36 Å². The smallest absolute Gasteiger partial charge is 0.406 e. The SMILES string of the molecule is CCC1CCC(CCC2=CCc3c(cc(F)c(-c4ccc(OC(F)(F)F)cc4)c3F)C2)CC1. The van der Waals surface area contributed by atoms with Gasteiger partial charge in [0.25, 0.3) is 0 Å². The quantitative estimate of drug-likeness (QED) is 0.307. The van der Waals surface area contributed by atoms with E-state index >= 15 is 4.39 Å². The fourth-order valence-electron chi connectivity index (χ4n) is 5.25. The lowest BCUT2D eigenvalue weighted by atomic mass is 9.78. The van der Waals surface area contributed by atoms with E-state index in [9.17, 15) is 17.6 Å². The molecule has 1 saturated carbocycles. The maximum absolute atomic E-state index is 15.3. The van der Waals surface area contributed by atoms with E-state index in [1.165, 1.54) is 55.9 Å². The van der Waals surface area contributed by atoms with Gasteiger partial charge in [-0.25, -0.2) is 8.78 Å². The third-order valence-electron chi connectivity index (χ3n) is 7.22. The third kappa shape index (κ3) is 5.77. The highest BCUT2D eigenvalue weighted by Crippen LogP contribution is 2.37. The number of benzene rings is 2. The molecule has 0 heterocycles. The summed E-state index contributed by atoms with van der Waals surface area (Å²) in [7, 11) is 0. The summed E-state index contributed by atoms with van der Waals surface area (Å²) in [6.07, 6.45) is 6.74. The van der Waals surface area contributed by atoms with Crippen molar-refractivity contribution in [2.75, 3.05) is 0 Å². The summed E-state index contributed by atoms with van der Waals surface area (Å²) in [5, 5.41) is 0. The molecule has 0 N–H and O–H groups in total. The lowest BCUT2D eigenvalue weighted by Gasteiger charge is -2.28. The first-order valence-electron chi connectivity index (χ1n) is 11.8. The molecule has 6 heteroatoms. The molecule has 2 aliphatic rings. The molecule has 0 amide bonds. The lowest BCUT2D eigenvalue weighted by molar-refractivity contribution is -0.274. The van der Waals surface area contributed by atoms with Gasteiger partial charge in [-0.2, -0.15) is 0 Å². The largest absolute Gasteiger partial charge is 0.573 e. The van der Waals surface area contributed by atoms with Gasteiger partial charge in [0, 0.05) is 0 Å². The molecule has 2 aliphatic carbocycles. The minimum absolute atomic E-state index is 0.180. The summed E-state index contributed by atoms with van der Waals surface area (Å²) in [6.45, 7) is 2.26. The number of rotatable bonds is 6. The Morgan fingerprint density at radius 1 is 0.970 bits per heavy atom. The van der Waals surface area contributed by atoms with Gasteiger partial charge in [0.05, 0.1) is 5.56 Å². The molecular formula is C27H29F5O. The topological polar surface area (TPSA) is 9.23 Å².